The monoisotopic (exact) mass is 375 g/mol. The van der Waals surface area contributed by atoms with Crippen molar-refractivity contribution in [1.82, 2.24) is 5.32 Å². The van der Waals surface area contributed by atoms with Crippen LogP contribution in [-0.4, -0.2) is 37.8 Å². The molecule has 134 valence electrons. The van der Waals surface area contributed by atoms with Gasteiger partial charge in [-0.2, -0.15) is 0 Å². The second kappa shape index (κ2) is 9.41. The highest BCUT2D eigenvalue weighted by molar-refractivity contribution is 7.99. The SMILES string of the molecule is COc1ccccc1SCC(C)CN[C@@H]1COc2ccccc2SC1. The van der Waals surface area contributed by atoms with Gasteiger partial charge in [-0.15, -0.1) is 23.5 Å². The fraction of sp³-hybridized carbons (Fsp3) is 0.400. The van der Waals surface area contributed by atoms with E-state index in [4.69, 9.17) is 9.47 Å². The van der Waals surface area contributed by atoms with Crippen LogP contribution in [0.1, 0.15) is 6.92 Å². The maximum atomic E-state index is 5.95. The Labute approximate surface area is 158 Å². The van der Waals surface area contributed by atoms with E-state index in [1.165, 1.54) is 9.79 Å². The molecule has 2 atom stereocenters. The summed E-state index contributed by atoms with van der Waals surface area (Å²) >= 11 is 3.73. The molecule has 0 saturated carbocycles. The van der Waals surface area contributed by atoms with E-state index in [-0.39, 0.29) is 0 Å². The fourth-order valence-corrected chi connectivity index (χ4v) is 4.72. The zero-order valence-electron chi connectivity index (χ0n) is 14.7. The molecule has 1 unspecified atom stereocenters. The largest absolute Gasteiger partial charge is 0.496 e. The van der Waals surface area contributed by atoms with Crippen LogP contribution >= 0.6 is 23.5 Å². The molecule has 0 amide bonds. The van der Waals surface area contributed by atoms with Crippen LogP contribution in [0.2, 0.25) is 0 Å². The van der Waals surface area contributed by atoms with Crippen LogP contribution in [0.3, 0.4) is 0 Å². The molecule has 1 aliphatic rings. The zero-order valence-corrected chi connectivity index (χ0v) is 16.4. The summed E-state index contributed by atoms with van der Waals surface area (Å²) in [5.41, 5.74) is 0. The predicted molar refractivity (Wildman–Crippen MR) is 107 cm³/mol. The van der Waals surface area contributed by atoms with Crippen LogP contribution in [0.15, 0.2) is 58.3 Å². The minimum atomic E-state index is 0.385. The number of rotatable bonds is 7. The Morgan fingerprint density at radius 3 is 2.92 bits per heavy atom. The average Bonchev–Trinajstić information content (AvgIpc) is 2.87. The molecule has 3 nitrogen and oxygen atoms in total. The van der Waals surface area contributed by atoms with Crippen molar-refractivity contribution in [3.8, 4) is 11.5 Å². The molecule has 0 radical (unpaired) electrons. The summed E-state index contributed by atoms with van der Waals surface area (Å²) in [6, 6.07) is 16.9. The van der Waals surface area contributed by atoms with Crippen molar-refractivity contribution in [3.63, 3.8) is 0 Å². The van der Waals surface area contributed by atoms with E-state index >= 15 is 0 Å². The molecular formula is C20H25NO2S2. The van der Waals surface area contributed by atoms with Gasteiger partial charge in [-0.1, -0.05) is 31.2 Å². The van der Waals surface area contributed by atoms with Gasteiger partial charge in [0.25, 0.3) is 0 Å². The average molecular weight is 376 g/mol. The molecule has 1 aliphatic heterocycles. The Bertz CT molecular complexity index is 653. The van der Waals surface area contributed by atoms with Crippen molar-refractivity contribution in [2.45, 2.75) is 22.8 Å². The summed E-state index contributed by atoms with van der Waals surface area (Å²) in [6.45, 7) is 4.01. The van der Waals surface area contributed by atoms with Gasteiger partial charge in [0.2, 0.25) is 0 Å². The molecule has 2 aromatic rings. The number of thioether (sulfide) groups is 2. The van der Waals surface area contributed by atoms with Crippen LogP contribution in [-0.2, 0) is 0 Å². The van der Waals surface area contributed by atoms with E-state index in [1.807, 2.05) is 41.7 Å². The lowest BCUT2D eigenvalue weighted by atomic mass is 10.2. The highest BCUT2D eigenvalue weighted by Crippen LogP contribution is 2.32. The van der Waals surface area contributed by atoms with E-state index in [2.05, 4.69) is 42.6 Å². The number of ether oxygens (including phenoxy) is 2. The van der Waals surface area contributed by atoms with E-state index in [9.17, 15) is 0 Å². The fourth-order valence-electron chi connectivity index (χ4n) is 2.63. The topological polar surface area (TPSA) is 30.5 Å². The number of para-hydroxylation sites is 2. The van der Waals surface area contributed by atoms with Crippen molar-refractivity contribution in [1.29, 1.82) is 0 Å². The van der Waals surface area contributed by atoms with Gasteiger partial charge >= 0.3 is 0 Å². The Hall–Kier alpha value is -1.30. The molecule has 0 aliphatic carbocycles. The van der Waals surface area contributed by atoms with Gasteiger partial charge in [0.15, 0.2) is 0 Å². The van der Waals surface area contributed by atoms with Crippen LogP contribution in [0.4, 0.5) is 0 Å². The number of fused-ring (bicyclic) bond motifs is 1. The Kier molecular flexibility index (Phi) is 6.96. The van der Waals surface area contributed by atoms with Gasteiger partial charge in [-0.3, -0.25) is 0 Å². The molecular weight excluding hydrogens is 350 g/mol. The first-order chi connectivity index (χ1) is 12.3. The smallest absolute Gasteiger partial charge is 0.132 e. The summed E-state index contributed by atoms with van der Waals surface area (Å²) in [7, 11) is 1.73. The maximum absolute atomic E-state index is 5.95. The van der Waals surface area contributed by atoms with Crippen molar-refractivity contribution in [2.24, 2.45) is 5.92 Å². The molecule has 0 bridgehead atoms. The van der Waals surface area contributed by atoms with E-state index in [1.54, 1.807) is 7.11 Å². The summed E-state index contributed by atoms with van der Waals surface area (Å²) < 4.78 is 11.4. The van der Waals surface area contributed by atoms with Gasteiger partial charge in [-0.25, -0.2) is 0 Å². The summed E-state index contributed by atoms with van der Waals surface area (Å²) in [4.78, 5) is 2.45. The molecule has 0 saturated heterocycles. The van der Waals surface area contributed by atoms with Gasteiger partial charge in [0.1, 0.15) is 18.1 Å². The van der Waals surface area contributed by atoms with Crippen LogP contribution in [0.5, 0.6) is 11.5 Å². The van der Waals surface area contributed by atoms with Crippen molar-refractivity contribution >= 4 is 23.5 Å². The zero-order chi connectivity index (χ0) is 17.5. The van der Waals surface area contributed by atoms with Gasteiger partial charge in [0.05, 0.1) is 13.2 Å². The van der Waals surface area contributed by atoms with E-state index in [0.29, 0.717) is 12.0 Å². The molecule has 0 aromatic heterocycles. The van der Waals surface area contributed by atoms with Crippen molar-refractivity contribution < 1.29 is 9.47 Å². The Balaban J connectivity index is 1.43. The second-order valence-electron chi connectivity index (χ2n) is 6.24. The third-order valence-electron chi connectivity index (χ3n) is 4.08. The Morgan fingerprint density at radius 2 is 2.04 bits per heavy atom. The molecule has 1 heterocycles. The van der Waals surface area contributed by atoms with Crippen LogP contribution in [0, 0.1) is 5.92 Å². The number of methoxy groups -OCH3 is 1. The highest BCUT2D eigenvalue weighted by atomic mass is 32.2. The van der Waals surface area contributed by atoms with E-state index < -0.39 is 0 Å². The molecule has 0 spiro atoms. The number of hydrogen-bond donors (Lipinski definition) is 1. The third-order valence-corrected chi connectivity index (χ3v) is 6.68. The minimum absolute atomic E-state index is 0.385. The summed E-state index contributed by atoms with van der Waals surface area (Å²) in [5, 5.41) is 3.67. The molecule has 25 heavy (non-hydrogen) atoms. The highest BCUT2D eigenvalue weighted by Gasteiger charge is 2.17. The molecule has 0 fully saturated rings. The third kappa shape index (κ3) is 5.33. The number of benzene rings is 2. The van der Waals surface area contributed by atoms with E-state index in [0.717, 1.165) is 36.2 Å². The van der Waals surface area contributed by atoms with Gasteiger partial charge < -0.3 is 14.8 Å². The van der Waals surface area contributed by atoms with Crippen LogP contribution in [0.25, 0.3) is 0 Å². The standard InChI is InChI=1S/C20H25NO2S2/c1-15(13-24-19-9-5-3-7-17(19)22-2)11-21-16-12-23-18-8-4-6-10-20(18)25-14-16/h3-10,15-16,21H,11-14H2,1-2H3/t15?,16-/m1/s1. The minimum Gasteiger partial charge on any atom is -0.496 e. The Morgan fingerprint density at radius 1 is 1.24 bits per heavy atom. The van der Waals surface area contributed by atoms with Crippen molar-refractivity contribution in [2.75, 3.05) is 31.8 Å². The quantitative estimate of drug-likeness (QED) is 0.717. The van der Waals surface area contributed by atoms with Gasteiger partial charge in [-0.05, 0) is 36.7 Å². The molecule has 5 heteroatoms. The normalized spacial score (nSPS) is 17.9. The number of nitrogens with one attached hydrogen (secondary N) is 1. The first-order valence-corrected chi connectivity index (χ1v) is 10.6. The molecule has 3 rings (SSSR count). The first kappa shape index (κ1) is 18.5. The maximum Gasteiger partial charge on any atom is 0.132 e. The molecule has 1 N–H and O–H groups in total. The predicted octanol–water partition coefficient (Wildman–Crippen LogP) is 4.57. The first-order valence-electron chi connectivity index (χ1n) is 8.60. The molecule has 2 aromatic carbocycles. The van der Waals surface area contributed by atoms with Gasteiger partial charge in [0, 0.05) is 21.3 Å². The summed E-state index contributed by atoms with van der Waals surface area (Å²) in [5.74, 6) is 4.65. The van der Waals surface area contributed by atoms with Crippen LogP contribution < -0.4 is 14.8 Å². The van der Waals surface area contributed by atoms with Crippen molar-refractivity contribution in [3.05, 3.63) is 48.5 Å². The number of hydrogen-bond acceptors (Lipinski definition) is 5. The second-order valence-corrected chi connectivity index (χ2v) is 8.36. The lowest BCUT2D eigenvalue weighted by Crippen LogP contribution is -2.39. The lowest BCUT2D eigenvalue weighted by Gasteiger charge is -2.19. The summed E-state index contributed by atoms with van der Waals surface area (Å²) in [6.07, 6.45) is 0. The lowest BCUT2D eigenvalue weighted by molar-refractivity contribution is 0.270.